The first kappa shape index (κ1) is 17.6. The molecule has 0 bridgehead atoms. The average Bonchev–Trinajstić information content (AvgIpc) is 2.69. The molecule has 20 heavy (non-hydrogen) atoms. The smallest absolute Gasteiger partial charge is 0.351 e. The fourth-order valence-corrected chi connectivity index (χ4v) is 5.37. The Morgan fingerprint density at radius 3 is 1.85 bits per heavy atom. The van der Waals surface area contributed by atoms with Gasteiger partial charge in [0.05, 0.1) is 5.69 Å². The van der Waals surface area contributed by atoms with Crippen LogP contribution in [0.1, 0.15) is 44.2 Å². The molecular formula is C10H19NO7P2. The van der Waals surface area contributed by atoms with Crippen molar-refractivity contribution < 1.29 is 33.2 Å². The van der Waals surface area contributed by atoms with Crippen molar-refractivity contribution in [1.29, 1.82) is 0 Å². The Balaban J connectivity index is 3.76. The van der Waals surface area contributed by atoms with Crippen LogP contribution in [0.25, 0.3) is 0 Å². The van der Waals surface area contributed by atoms with Gasteiger partial charge in [-0.3, -0.25) is 9.13 Å². The summed E-state index contributed by atoms with van der Waals surface area (Å²) in [6, 6.07) is 0. The molecule has 116 valence electrons. The van der Waals surface area contributed by atoms with Gasteiger partial charge in [0.2, 0.25) is 4.90 Å². The molecule has 0 saturated heterocycles. The summed E-state index contributed by atoms with van der Waals surface area (Å²) < 4.78 is 28.6. The van der Waals surface area contributed by atoms with Crippen molar-refractivity contribution in [2.45, 2.75) is 44.9 Å². The van der Waals surface area contributed by atoms with E-state index in [1.54, 1.807) is 13.8 Å². The minimum atomic E-state index is -5.18. The fourth-order valence-electron chi connectivity index (χ4n) is 2.31. The Kier molecular flexibility index (Phi) is 5.02. The molecule has 0 radical (unpaired) electrons. The lowest BCUT2D eigenvalue weighted by Gasteiger charge is -2.31. The molecule has 0 fully saturated rings. The Morgan fingerprint density at radius 2 is 1.55 bits per heavy atom. The molecule has 0 amide bonds. The molecule has 0 aromatic carbocycles. The molecule has 10 heteroatoms. The molecule has 1 heterocycles. The van der Waals surface area contributed by atoms with Gasteiger partial charge in [0.1, 0.15) is 0 Å². The summed E-state index contributed by atoms with van der Waals surface area (Å²) in [6.45, 7) is 4.77. The van der Waals surface area contributed by atoms with Crippen molar-refractivity contribution in [3.05, 3.63) is 17.0 Å². The van der Waals surface area contributed by atoms with Crippen LogP contribution in [-0.2, 0) is 26.9 Å². The van der Waals surface area contributed by atoms with E-state index in [1.807, 2.05) is 0 Å². The molecule has 0 aliphatic rings. The largest absolute Gasteiger partial charge is 0.359 e. The number of aryl methyl sites for hydroxylation is 1. The summed E-state index contributed by atoms with van der Waals surface area (Å²) in [7, 11) is -10.4. The number of hydrogen-bond donors (Lipinski definition) is 4. The molecule has 1 aromatic rings. The molecule has 1 rings (SSSR count). The quantitative estimate of drug-likeness (QED) is 0.579. The number of hydrogen-bond acceptors (Lipinski definition) is 4. The highest BCUT2D eigenvalue weighted by Gasteiger charge is 2.64. The van der Waals surface area contributed by atoms with Crippen LogP contribution in [-0.4, -0.2) is 24.7 Å². The second-order valence-corrected chi connectivity index (χ2v) is 8.46. The summed E-state index contributed by atoms with van der Waals surface area (Å²) in [5.74, 6) is -0.402. The van der Waals surface area contributed by atoms with Crippen molar-refractivity contribution in [2.75, 3.05) is 0 Å². The van der Waals surface area contributed by atoms with Crippen LogP contribution in [0, 0.1) is 0 Å². The topological polar surface area (TPSA) is 141 Å². The Hall–Kier alpha value is -0.490. The molecular weight excluding hydrogens is 308 g/mol. The third kappa shape index (κ3) is 2.52. The van der Waals surface area contributed by atoms with Gasteiger partial charge >= 0.3 is 15.2 Å². The van der Waals surface area contributed by atoms with E-state index >= 15 is 0 Å². The number of aromatic nitrogens is 1. The molecule has 4 N–H and O–H groups in total. The zero-order chi connectivity index (χ0) is 15.8. The summed E-state index contributed by atoms with van der Waals surface area (Å²) in [6.07, 6.45) is 0.283. The monoisotopic (exact) mass is 327 g/mol. The van der Waals surface area contributed by atoms with Gasteiger partial charge in [-0.05, 0) is 19.3 Å². The van der Waals surface area contributed by atoms with E-state index in [9.17, 15) is 28.7 Å². The lowest BCUT2D eigenvalue weighted by molar-refractivity contribution is 0.272. The van der Waals surface area contributed by atoms with Crippen LogP contribution in [0.3, 0.4) is 0 Å². The van der Waals surface area contributed by atoms with E-state index in [0.717, 1.165) is 0 Å². The molecule has 0 aliphatic heterocycles. The van der Waals surface area contributed by atoms with Gasteiger partial charge < -0.3 is 24.1 Å². The van der Waals surface area contributed by atoms with Crippen molar-refractivity contribution in [3.8, 4) is 0 Å². The van der Waals surface area contributed by atoms with Crippen LogP contribution < -0.4 is 0 Å². The average molecular weight is 327 g/mol. The Labute approximate surface area is 116 Å². The van der Waals surface area contributed by atoms with E-state index in [4.69, 9.17) is 4.52 Å². The van der Waals surface area contributed by atoms with Crippen LogP contribution in [0.4, 0.5) is 0 Å². The first-order valence-electron chi connectivity index (χ1n) is 6.15. The first-order valence-corrected chi connectivity index (χ1v) is 9.38. The van der Waals surface area contributed by atoms with Gasteiger partial charge in [-0.25, -0.2) is 0 Å². The fraction of sp³-hybridized carbons (Fsp3) is 0.700. The van der Waals surface area contributed by atoms with Gasteiger partial charge in [0.15, 0.2) is 5.76 Å². The van der Waals surface area contributed by atoms with Gasteiger partial charge in [0.25, 0.3) is 0 Å². The van der Waals surface area contributed by atoms with Gasteiger partial charge in [0, 0.05) is 5.56 Å². The van der Waals surface area contributed by atoms with E-state index in [-0.39, 0.29) is 0 Å². The van der Waals surface area contributed by atoms with Gasteiger partial charge in [-0.2, -0.15) is 0 Å². The van der Waals surface area contributed by atoms with Crippen LogP contribution in [0.2, 0.25) is 0 Å². The predicted octanol–water partition coefficient (Wildman–Crippen LogP) is 1.72. The van der Waals surface area contributed by atoms with E-state index in [0.29, 0.717) is 24.1 Å². The number of nitrogens with zero attached hydrogens (tertiary/aromatic N) is 1. The van der Waals surface area contributed by atoms with E-state index in [2.05, 4.69) is 5.16 Å². The zero-order valence-electron chi connectivity index (χ0n) is 11.5. The maximum Gasteiger partial charge on any atom is 0.351 e. The summed E-state index contributed by atoms with van der Waals surface area (Å²) in [4.78, 5) is 35.5. The summed E-state index contributed by atoms with van der Waals surface area (Å²) in [5.41, 5.74) is 0.795. The maximum absolute atomic E-state index is 11.8. The molecule has 8 nitrogen and oxygen atoms in total. The predicted molar refractivity (Wildman–Crippen MR) is 71.3 cm³/mol. The zero-order valence-corrected chi connectivity index (χ0v) is 13.3. The lowest BCUT2D eigenvalue weighted by atomic mass is 10.1. The van der Waals surface area contributed by atoms with Crippen LogP contribution >= 0.6 is 15.2 Å². The molecule has 0 unspecified atom stereocenters. The van der Waals surface area contributed by atoms with Crippen molar-refractivity contribution in [1.82, 2.24) is 5.16 Å². The van der Waals surface area contributed by atoms with Crippen molar-refractivity contribution >= 4 is 15.2 Å². The Morgan fingerprint density at radius 1 is 1.05 bits per heavy atom. The van der Waals surface area contributed by atoms with E-state index in [1.165, 1.54) is 6.92 Å². The minimum Gasteiger partial charge on any atom is -0.359 e. The van der Waals surface area contributed by atoms with Gasteiger partial charge in [-0.15, -0.1) is 0 Å². The van der Waals surface area contributed by atoms with Crippen LogP contribution in [0.15, 0.2) is 4.52 Å². The third-order valence-corrected chi connectivity index (χ3v) is 7.91. The molecule has 0 spiro atoms. The van der Waals surface area contributed by atoms with Crippen LogP contribution in [0.5, 0.6) is 0 Å². The normalized spacial score (nSPS) is 13.8. The molecule has 0 aliphatic carbocycles. The lowest BCUT2D eigenvalue weighted by Crippen LogP contribution is -2.26. The second-order valence-electron chi connectivity index (χ2n) is 4.40. The third-order valence-electron chi connectivity index (χ3n) is 3.38. The number of rotatable bonds is 6. The first-order chi connectivity index (χ1) is 9.06. The minimum absolute atomic E-state index is 0.309. The highest BCUT2D eigenvalue weighted by atomic mass is 31.2. The summed E-state index contributed by atoms with van der Waals surface area (Å²) >= 11 is 0. The standard InChI is InChI=1S/C10H19NO7P2/c1-4-7-8(5-2)11-18-9(7)10(6-3,19(12,13)14)20(15,16)17/h4-6H2,1-3H3,(H2,12,13,14)(H2,15,16,17). The van der Waals surface area contributed by atoms with Gasteiger partial charge in [-0.1, -0.05) is 25.9 Å². The molecule has 0 saturated carbocycles. The van der Waals surface area contributed by atoms with Crippen molar-refractivity contribution in [3.63, 3.8) is 0 Å². The highest BCUT2D eigenvalue weighted by Crippen LogP contribution is 2.76. The van der Waals surface area contributed by atoms with Crippen molar-refractivity contribution in [2.24, 2.45) is 0 Å². The molecule has 1 aromatic heterocycles. The second kappa shape index (κ2) is 5.72. The molecule has 0 atom stereocenters. The maximum atomic E-state index is 11.8. The Bertz CT molecular complexity index is 548. The summed E-state index contributed by atoms with van der Waals surface area (Å²) in [5, 5.41) is 3.68. The highest BCUT2D eigenvalue weighted by molar-refractivity contribution is 7.71. The SMILES string of the molecule is CCc1noc(C(CC)(P(=O)(O)O)P(=O)(O)O)c1CC. The van der Waals surface area contributed by atoms with E-state index < -0.39 is 32.3 Å².